The maximum Gasteiger partial charge on any atom is 0.412 e. The standard InChI is InChI=1S/C14H16F3NO2/c1-13(2,3)20-12(19)18-11-6-4-5-10(9-11)7-8-14(15,16)17/h4-9H,1-3H3,(H,18,19)/b8-7+. The number of carbonyl (C=O) groups is 1. The van der Waals surface area contributed by atoms with Gasteiger partial charge in [-0.2, -0.15) is 13.2 Å². The molecule has 1 aromatic carbocycles. The number of rotatable bonds is 2. The summed E-state index contributed by atoms with van der Waals surface area (Å²) in [4.78, 5) is 11.5. The Morgan fingerprint density at radius 1 is 1.25 bits per heavy atom. The van der Waals surface area contributed by atoms with Gasteiger partial charge in [0.2, 0.25) is 0 Å². The van der Waals surface area contributed by atoms with Gasteiger partial charge >= 0.3 is 12.3 Å². The van der Waals surface area contributed by atoms with E-state index in [2.05, 4.69) is 5.32 Å². The Kier molecular flexibility index (Phi) is 4.81. The van der Waals surface area contributed by atoms with E-state index in [1.54, 1.807) is 32.9 Å². The van der Waals surface area contributed by atoms with Crippen molar-refractivity contribution in [3.05, 3.63) is 35.9 Å². The zero-order chi connectivity index (χ0) is 15.4. The Labute approximate surface area is 115 Å². The summed E-state index contributed by atoms with van der Waals surface area (Å²) in [7, 11) is 0. The van der Waals surface area contributed by atoms with Crippen LogP contribution in [0.1, 0.15) is 26.3 Å². The van der Waals surface area contributed by atoms with Gasteiger partial charge in [-0.05, 0) is 38.5 Å². The second kappa shape index (κ2) is 5.98. The summed E-state index contributed by atoms with van der Waals surface area (Å²) in [6.45, 7) is 5.15. The molecule has 0 spiro atoms. The third-order valence-corrected chi connectivity index (χ3v) is 2.00. The molecule has 0 aliphatic carbocycles. The number of nitrogens with one attached hydrogen (secondary N) is 1. The summed E-state index contributed by atoms with van der Waals surface area (Å²) in [5, 5.41) is 2.46. The second-order valence-electron chi connectivity index (χ2n) is 5.13. The van der Waals surface area contributed by atoms with Crippen LogP contribution in [-0.2, 0) is 4.74 Å². The molecule has 1 aromatic rings. The summed E-state index contributed by atoms with van der Waals surface area (Å²) in [6.07, 6.45) is -3.96. The molecule has 0 atom stereocenters. The van der Waals surface area contributed by atoms with Crippen LogP contribution in [0.5, 0.6) is 0 Å². The molecule has 0 aliphatic rings. The Morgan fingerprint density at radius 3 is 2.45 bits per heavy atom. The zero-order valence-corrected chi connectivity index (χ0v) is 11.4. The molecule has 0 aromatic heterocycles. The van der Waals surface area contributed by atoms with Crippen molar-refractivity contribution in [3.63, 3.8) is 0 Å². The SMILES string of the molecule is CC(C)(C)OC(=O)Nc1cccc(/C=C/C(F)(F)F)c1. The third-order valence-electron chi connectivity index (χ3n) is 2.00. The lowest BCUT2D eigenvalue weighted by atomic mass is 10.2. The third kappa shape index (κ3) is 6.82. The van der Waals surface area contributed by atoms with Crippen molar-refractivity contribution in [2.75, 3.05) is 5.32 Å². The summed E-state index contributed by atoms with van der Waals surface area (Å²) in [5.74, 6) is 0. The highest BCUT2D eigenvalue weighted by molar-refractivity contribution is 5.85. The van der Waals surface area contributed by atoms with Crippen molar-refractivity contribution in [1.29, 1.82) is 0 Å². The van der Waals surface area contributed by atoms with Crippen LogP contribution in [0.15, 0.2) is 30.3 Å². The number of amides is 1. The molecule has 0 saturated heterocycles. The zero-order valence-electron chi connectivity index (χ0n) is 11.4. The van der Waals surface area contributed by atoms with Crippen LogP contribution in [0.3, 0.4) is 0 Å². The van der Waals surface area contributed by atoms with Gasteiger partial charge < -0.3 is 4.74 Å². The number of anilines is 1. The molecule has 0 aliphatic heterocycles. The van der Waals surface area contributed by atoms with Crippen LogP contribution in [0.2, 0.25) is 0 Å². The Hall–Kier alpha value is -1.98. The minimum atomic E-state index is -4.37. The van der Waals surface area contributed by atoms with Gasteiger partial charge in [-0.3, -0.25) is 5.32 Å². The molecule has 6 heteroatoms. The lowest BCUT2D eigenvalue weighted by molar-refractivity contribution is -0.0790. The fourth-order valence-electron chi connectivity index (χ4n) is 1.33. The Balaban J connectivity index is 2.74. The van der Waals surface area contributed by atoms with E-state index in [0.29, 0.717) is 11.3 Å². The fraction of sp³-hybridized carbons (Fsp3) is 0.357. The largest absolute Gasteiger partial charge is 0.444 e. The topological polar surface area (TPSA) is 38.3 Å². The normalized spacial score (nSPS) is 12.5. The first-order valence-corrected chi connectivity index (χ1v) is 5.91. The summed E-state index contributed by atoms with van der Waals surface area (Å²) in [5.41, 5.74) is 0.0530. The molecule has 0 saturated carbocycles. The Bertz CT molecular complexity index is 502. The van der Waals surface area contributed by atoms with Crippen molar-refractivity contribution >= 4 is 17.9 Å². The smallest absolute Gasteiger partial charge is 0.412 e. The van der Waals surface area contributed by atoms with Gasteiger partial charge in [0.25, 0.3) is 0 Å². The number of alkyl halides is 3. The number of carbonyl (C=O) groups excluding carboxylic acids is 1. The first kappa shape index (κ1) is 16.1. The van der Waals surface area contributed by atoms with E-state index in [1.165, 1.54) is 12.1 Å². The van der Waals surface area contributed by atoms with Crippen molar-refractivity contribution in [1.82, 2.24) is 0 Å². The molecule has 0 radical (unpaired) electrons. The van der Waals surface area contributed by atoms with E-state index in [4.69, 9.17) is 4.74 Å². The first-order valence-electron chi connectivity index (χ1n) is 5.91. The average Bonchev–Trinajstić information content (AvgIpc) is 2.23. The Morgan fingerprint density at radius 2 is 1.90 bits per heavy atom. The quantitative estimate of drug-likeness (QED) is 0.862. The van der Waals surface area contributed by atoms with Crippen molar-refractivity contribution in [3.8, 4) is 0 Å². The van der Waals surface area contributed by atoms with Gasteiger partial charge in [0, 0.05) is 11.8 Å². The molecular formula is C14H16F3NO2. The minimum Gasteiger partial charge on any atom is -0.444 e. The summed E-state index contributed by atoms with van der Waals surface area (Å²) < 4.78 is 41.2. The minimum absolute atomic E-state index is 0.138. The van der Waals surface area contributed by atoms with Crippen LogP contribution < -0.4 is 5.32 Å². The molecule has 110 valence electrons. The fourth-order valence-corrected chi connectivity index (χ4v) is 1.33. The molecule has 0 unspecified atom stereocenters. The van der Waals surface area contributed by atoms with Gasteiger partial charge in [-0.1, -0.05) is 18.2 Å². The first-order chi connectivity index (χ1) is 9.05. The molecule has 0 fully saturated rings. The van der Waals surface area contributed by atoms with E-state index >= 15 is 0 Å². The maximum absolute atomic E-state index is 12.1. The number of hydrogen-bond acceptors (Lipinski definition) is 2. The van der Waals surface area contributed by atoms with E-state index in [9.17, 15) is 18.0 Å². The van der Waals surface area contributed by atoms with Crippen LogP contribution >= 0.6 is 0 Å². The molecule has 1 N–H and O–H groups in total. The number of benzene rings is 1. The van der Waals surface area contributed by atoms with Crippen LogP contribution in [0, 0.1) is 0 Å². The highest BCUT2D eigenvalue weighted by atomic mass is 19.4. The van der Waals surface area contributed by atoms with E-state index in [1.807, 2.05) is 0 Å². The van der Waals surface area contributed by atoms with Crippen molar-refractivity contribution in [2.24, 2.45) is 0 Å². The lowest BCUT2D eigenvalue weighted by Crippen LogP contribution is -2.27. The molecule has 3 nitrogen and oxygen atoms in total. The average molecular weight is 287 g/mol. The highest BCUT2D eigenvalue weighted by Gasteiger charge is 2.21. The predicted octanol–water partition coefficient (Wildman–Crippen LogP) is 4.61. The highest BCUT2D eigenvalue weighted by Crippen LogP contribution is 2.20. The monoisotopic (exact) mass is 287 g/mol. The molecular weight excluding hydrogens is 271 g/mol. The number of ether oxygens (including phenoxy) is 1. The molecule has 20 heavy (non-hydrogen) atoms. The molecule has 0 heterocycles. The summed E-state index contributed by atoms with van der Waals surface area (Å²) >= 11 is 0. The number of allylic oxidation sites excluding steroid dienone is 1. The second-order valence-corrected chi connectivity index (χ2v) is 5.13. The molecule has 1 rings (SSSR count). The van der Waals surface area contributed by atoms with Crippen LogP contribution in [0.25, 0.3) is 6.08 Å². The van der Waals surface area contributed by atoms with Crippen LogP contribution in [0.4, 0.5) is 23.7 Å². The summed E-state index contributed by atoms with van der Waals surface area (Å²) in [6, 6.07) is 6.03. The molecule has 1 amide bonds. The van der Waals surface area contributed by atoms with Crippen molar-refractivity contribution in [2.45, 2.75) is 32.5 Å². The van der Waals surface area contributed by atoms with Gasteiger partial charge in [0.05, 0.1) is 0 Å². The predicted molar refractivity (Wildman–Crippen MR) is 71.4 cm³/mol. The number of halogens is 3. The van der Waals surface area contributed by atoms with Crippen molar-refractivity contribution < 1.29 is 22.7 Å². The number of hydrogen-bond donors (Lipinski definition) is 1. The van der Waals surface area contributed by atoms with E-state index in [0.717, 1.165) is 6.08 Å². The van der Waals surface area contributed by atoms with E-state index in [-0.39, 0.29) is 6.08 Å². The maximum atomic E-state index is 12.1. The molecule has 0 bridgehead atoms. The van der Waals surface area contributed by atoms with Crippen LogP contribution in [-0.4, -0.2) is 17.9 Å². The lowest BCUT2D eigenvalue weighted by Gasteiger charge is -2.19. The van der Waals surface area contributed by atoms with Gasteiger partial charge in [0.15, 0.2) is 0 Å². The van der Waals surface area contributed by atoms with Gasteiger partial charge in [-0.25, -0.2) is 4.79 Å². The van der Waals surface area contributed by atoms with E-state index < -0.39 is 17.9 Å². The van der Waals surface area contributed by atoms with Gasteiger partial charge in [0.1, 0.15) is 5.60 Å². The van der Waals surface area contributed by atoms with Gasteiger partial charge in [-0.15, -0.1) is 0 Å².